The van der Waals surface area contributed by atoms with Gasteiger partial charge in [0.25, 0.3) is 0 Å². The highest BCUT2D eigenvalue weighted by Crippen LogP contribution is 2.43. The third-order valence-electron chi connectivity index (χ3n) is 2.96. The second-order valence-corrected chi connectivity index (χ2v) is 4.06. The van der Waals surface area contributed by atoms with Gasteiger partial charge < -0.3 is 9.52 Å². The summed E-state index contributed by atoms with van der Waals surface area (Å²) in [7, 11) is 0. The van der Waals surface area contributed by atoms with Crippen molar-refractivity contribution < 1.29 is 14.3 Å². The van der Waals surface area contributed by atoms with Gasteiger partial charge in [-0.1, -0.05) is 0 Å². The molecule has 1 heterocycles. The number of aryl methyl sites for hydroxylation is 1. The van der Waals surface area contributed by atoms with E-state index in [0.29, 0.717) is 18.0 Å². The van der Waals surface area contributed by atoms with Crippen LogP contribution >= 0.6 is 0 Å². The standard InChI is InChI=1S/C10H11NO3/c12-10(13)6-3-4-7-8(6)11-9(14-7)5-1-2-5/h5-6H,1-4H2,(H,12,13). The van der Waals surface area contributed by atoms with Crippen LogP contribution in [0, 0.1) is 0 Å². The summed E-state index contributed by atoms with van der Waals surface area (Å²) in [5, 5.41) is 8.94. The van der Waals surface area contributed by atoms with Gasteiger partial charge in [0.2, 0.25) is 0 Å². The maximum atomic E-state index is 10.9. The molecular weight excluding hydrogens is 182 g/mol. The van der Waals surface area contributed by atoms with Crippen molar-refractivity contribution in [1.82, 2.24) is 4.98 Å². The van der Waals surface area contributed by atoms with Crippen molar-refractivity contribution in [2.24, 2.45) is 0 Å². The average molecular weight is 193 g/mol. The van der Waals surface area contributed by atoms with E-state index in [-0.39, 0.29) is 0 Å². The maximum Gasteiger partial charge on any atom is 0.312 e. The number of hydrogen-bond acceptors (Lipinski definition) is 3. The van der Waals surface area contributed by atoms with Crippen LogP contribution in [0.1, 0.15) is 48.4 Å². The summed E-state index contributed by atoms with van der Waals surface area (Å²) in [5.74, 6) is 0.830. The minimum absolute atomic E-state index is 0.429. The zero-order chi connectivity index (χ0) is 9.71. The highest BCUT2D eigenvalue weighted by Gasteiger charge is 2.37. The SMILES string of the molecule is O=C(O)C1CCc2oc(C3CC3)nc21. The number of carbonyl (C=O) groups is 1. The Kier molecular flexibility index (Phi) is 1.48. The molecule has 4 heteroatoms. The maximum absolute atomic E-state index is 10.9. The van der Waals surface area contributed by atoms with Crippen molar-refractivity contribution in [3.63, 3.8) is 0 Å². The number of aliphatic carboxylic acids is 1. The molecule has 0 saturated heterocycles. The van der Waals surface area contributed by atoms with Gasteiger partial charge in [0.1, 0.15) is 11.7 Å². The minimum Gasteiger partial charge on any atom is -0.481 e. The lowest BCUT2D eigenvalue weighted by atomic mass is 10.1. The van der Waals surface area contributed by atoms with E-state index in [1.807, 2.05) is 0 Å². The molecule has 0 bridgehead atoms. The first kappa shape index (κ1) is 8.03. The van der Waals surface area contributed by atoms with Crippen LogP contribution in [0.25, 0.3) is 0 Å². The number of carboxylic acids is 1. The number of carboxylic acid groups (broad SMARTS) is 1. The molecule has 1 atom stereocenters. The van der Waals surface area contributed by atoms with Gasteiger partial charge in [-0.15, -0.1) is 0 Å². The minimum atomic E-state index is -0.778. The molecule has 0 radical (unpaired) electrons. The van der Waals surface area contributed by atoms with Gasteiger partial charge in [0.15, 0.2) is 5.89 Å². The third-order valence-corrected chi connectivity index (χ3v) is 2.96. The Balaban J connectivity index is 1.97. The van der Waals surface area contributed by atoms with Crippen molar-refractivity contribution in [3.8, 4) is 0 Å². The molecule has 14 heavy (non-hydrogen) atoms. The van der Waals surface area contributed by atoms with Crippen molar-refractivity contribution in [2.75, 3.05) is 0 Å². The van der Waals surface area contributed by atoms with E-state index in [0.717, 1.165) is 30.9 Å². The Hall–Kier alpha value is -1.32. The monoisotopic (exact) mass is 193 g/mol. The van der Waals surface area contributed by atoms with E-state index in [1.165, 1.54) is 0 Å². The number of oxazole rings is 1. The lowest BCUT2D eigenvalue weighted by Crippen LogP contribution is -2.08. The highest BCUT2D eigenvalue weighted by molar-refractivity contribution is 5.76. The summed E-state index contributed by atoms with van der Waals surface area (Å²) < 4.78 is 5.56. The van der Waals surface area contributed by atoms with Crippen LogP contribution in [0.3, 0.4) is 0 Å². The molecule has 1 aromatic rings. The van der Waals surface area contributed by atoms with E-state index in [2.05, 4.69) is 4.98 Å². The van der Waals surface area contributed by atoms with Gasteiger partial charge in [-0.2, -0.15) is 0 Å². The van der Waals surface area contributed by atoms with Crippen LogP contribution in [0.2, 0.25) is 0 Å². The number of fused-ring (bicyclic) bond motifs is 1. The van der Waals surface area contributed by atoms with E-state index in [4.69, 9.17) is 9.52 Å². The molecule has 0 aromatic carbocycles. The van der Waals surface area contributed by atoms with Crippen molar-refractivity contribution in [1.29, 1.82) is 0 Å². The van der Waals surface area contributed by atoms with Crippen LogP contribution in [-0.2, 0) is 11.2 Å². The summed E-state index contributed by atoms with van der Waals surface area (Å²) in [4.78, 5) is 15.2. The second-order valence-electron chi connectivity index (χ2n) is 4.06. The Labute approximate surface area is 80.9 Å². The molecule has 74 valence electrons. The lowest BCUT2D eigenvalue weighted by molar-refractivity contribution is -0.138. The van der Waals surface area contributed by atoms with Crippen molar-refractivity contribution in [3.05, 3.63) is 17.3 Å². The Morgan fingerprint density at radius 2 is 2.21 bits per heavy atom. The van der Waals surface area contributed by atoms with Crippen LogP contribution in [0.5, 0.6) is 0 Å². The van der Waals surface area contributed by atoms with Crippen LogP contribution in [0.15, 0.2) is 4.42 Å². The number of rotatable bonds is 2. The molecule has 2 aliphatic rings. The molecule has 0 spiro atoms. The summed E-state index contributed by atoms with van der Waals surface area (Å²) in [6, 6.07) is 0. The summed E-state index contributed by atoms with van der Waals surface area (Å²) in [6.07, 6.45) is 3.64. The molecule has 1 unspecified atom stereocenters. The smallest absolute Gasteiger partial charge is 0.312 e. The van der Waals surface area contributed by atoms with Gasteiger partial charge in [-0.05, 0) is 19.3 Å². The molecule has 1 aromatic heterocycles. The van der Waals surface area contributed by atoms with E-state index in [9.17, 15) is 4.79 Å². The molecule has 1 fully saturated rings. The number of aromatic nitrogens is 1. The second kappa shape index (κ2) is 2.59. The number of nitrogens with zero attached hydrogens (tertiary/aromatic N) is 1. The zero-order valence-corrected chi connectivity index (χ0v) is 7.69. The van der Waals surface area contributed by atoms with Crippen LogP contribution < -0.4 is 0 Å². The normalized spacial score (nSPS) is 25.0. The van der Waals surface area contributed by atoms with Crippen molar-refractivity contribution >= 4 is 5.97 Å². The van der Waals surface area contributed by atoms with Gasteiger partial charge in [-0.3, -0.25) is 4.79 Å². The van der Waals surface area contributed by atoms with Gasteiger partial charge in [0.05, 0.1) is 5.69 Å². The van der Waals surface area contributed by atoms with Crippen LogP contribution in [-0.4, -0.2) is 16.1 Å². The summed E-state index contributed by atoms with van der Waals surface area (Å²) in [5.41, 5.74) is 0.680. The number of hydrogen-bond donors (Lipinski definition) is 1. The Morgan fingerprint density at radius 3 is 2.86 bits per heavy atom. The zero-order valence-electron chi connectivity index (χ0n) is 7.69. The van der Waals surface area contributed by atoms with Crippen LogP contribution in [0.4, 0.5) is 0 Å². The fraction of sp³-hybridized carbons (Fsp3) is 0.600. The Morgan fingerprint density at radius 1 is 1.43 bits per heavy atom. The molecule has 2 aliphatic carbocycles. The van der Waals surface area contributed by atoms with Gasteiger partial charge >= 0.3 is 5.97 Å². The van der Waals surface area contributed by atoms with Gasteiger partial charge in [0, 0.05) is 12.3 Å². The van der Waals surface area contributed by atoms with E-state index >= 15 is 0 Å². The molecule has 1 saturated carbocycles. The first-order valence-electron chi connectivity index (χ1n) is 4.98. The van der Waals surface area contributed by atoms with E-state index < -0.39 is 11.9 Å². The predicted molar refractivity (Wildman–Crippen MR) is 47.2 cm³/mol. The molecular formula is C10H11NO3. The van der Waals surface area contributed by atoms with Gasteiger partial charge in [-0.25, -0.2) is 4.98 Å². The lowest BCUT2D eigenvalue weighted by Gasteiger charge is -1.99. The molecule has 0 aliphatic heterocycles. The largest absolute Gasteiger partial charge is 0.481 e. The quantitative estimate of drug-likeness (QED) is 0.775. The molecule has 1 N–H and O–H groups in total. The first-order valence-corrected chi connectivity index (χ1v) is 4.98. The third kappa shape index (κ3) is 1.06. The first-order chi connectivity index (χ1) is 6.75. The Bertz CT molecular complexity index is 392. The summed E-state index contributed by atoms with van der Waals surface area (Å²) in [6.45, 7) is 0. The summed E-state index contributed by atoms with van der Waals surface area (Å²) >= 11 is 0. The van der Waals surface area contributed by atoms with E-state index in [1.54, 1.807) is 0 Å². The van der Waals surface area contributed by atoms with Crippen molar-refractivity contribution in [2.45, 2.75) is 37.5 Å². The molecule has 0 amide bonds. The average Bonchev–Trinajstić information content (AvgIpc) is 2.76. The predicted octanol–water partition coefficient (Wildman–Crippen LogP) is 1.67. The fourth-order valence-electron chi connectivity index (χ4n) is 1.99. The molecule has 3 rings (SSSR count). The molecule has 4 nitrogen and oxygen atoms in total. The topological polar surface area (TPSA) is 63.3 Å². The fourth-order valence-corrected chi connectivity index (χ4v) is 1.99. The highest BCUT2D eigenvalue weighted by atomic mass is 16.4.